The first-order chi connectivity index (χ1) is 16.6. The van der Waals surface area contributed by atoms with Crippen LogP contribution in [0, 0.1) is 0 Å². The highest BCUT2D eigenvalue weighted by atomic mass is 15.2. The van der Waals surface area contributed by atoms with Crippen LogP contribution in [0.2, 0.25) is 0 Å². The molecular weight excluding hydrogens is 416 g/mol. The monoisotopic (exact) mass is 483 g/mol. The molecule has 0 aromatic carbocycles. The lowest BCUT2D eigenvalue weighted by atomic mass is 10.2. The molecule has 0 N–H and O–H groups in total. The first kappa shape index (κ1) is 33.8. The topological polar surface area (TPSA) is 13.0 Å². The van der Waals surface area contributed by atoms with Gasteiger partial charge in [0.2, 0.25) is 0 Å². The van der Waals surface area contributed by atoms with Gasteiger partial charge >= 0.3 is 0 Å². The fourth-order valence-corrected chi connectivity index (χ4v) is 4.48. The van der Waals surface area contributed by atoms with Crippen LogP contribution in [0.15, 0.2) is 0 Å². The van der Waals surface area contributed by atoms with E-state index in [4.69, 9.17) is 0 Å². The number of hydrogen-bond donors (Lipinski definition) is 0. The van der Waals surface area contributed by atoms with Gasteiger partial charge in [-0.05, 0) is 77.8 Å². The van der Waals surface area contributed by atoms with Crippen molar-refractivity contribution >= 4 is 0 Å². The van der Waals surface area contributed by atoms with Crippen molar-refractivity contribution in [1.82, 2.24) is 19.6 Å². The third-order valence-electron chi connectivity index (χ3n) is 7.16. The molecule has 0 unspecified atom stereocenters. The van der Waals surface area contributed by atoms with E-state index < -0.39 is 0 Å². The van der Waals surface area contributed by atoms with Gasteiger partial charge in [-0.1, -0.05) is 80.1 Å². The maximum atomic E-state index is 2.81. The molecule has 0 aromatic heterocycles. The summed E-state index contributed by atoms with van der Waals surface area (Å²) in [5.74, 6) is 0. The van der Waals surface area contributed by atoms with Crippen molar-refractivity contribution in [2.75, 3.05) is 78.5 Å². The fraction of sp³-hybridized carbons (Fsp3) is 1.00. The number of rotatable bonds is 27. The van der Waals surface area contributed by atoms with Gasteiger partial charge in [0, 0.05) is 39.3 Å². The van der Waals surface area contributed by atoms with Crippen LogP contribution in [0.4, 0.5) is 0 Å². The summed E-state index contributed by atoms with van der Waals surface area (Å²) in [7, 11) is 0. The van der Waals surface area contributed by atoms with Gasteiger partial charge in [-0.2, -0.15) is 0 Å². The largest absolute Gasteiger partial charge is 0.302 e. The molecule has 34 heavy (non-hydrogen) atoms. The van der Waals surface area contributed by atoms with Gasteiger partial charge in [-0.25, -0.2) is 0 Å². The van der Waals surface area contributed by atoms with E-state index in [1.807, 2.05) is 0 Å². The molecular formula is C30H66N4. The SMILES string of the molecule is CCCCN(CCCC)CCN(CCN(CCCC)CCCC)CCN(CCCC)CCCC. The highest BCUT2D eigenvalue weighted by Gasteiger charge is 2.13. The van der Waals surface area contributed by atoms with Gasteiger partial charge in [0.25, 0.3) is 0 Å². The van der Waals surface area contributed by atoms with Crippen molar-refractivity contribution in [3.63, 3.8) is 0 Å². The van der Waals surface area contributed by atoms with E-state index in [1.54, 1.807) is 0 Å². The minimum absolute atomic E-state index is 1.23. The molecule has 0 saturated carbocycles. The van der Waals surface area contributed by atoms with Crippen molar-refractivity contribution in [3.05, 3.63) is 0 Å². The van der Waals surface area contributed by atoms with E-state index >= 15 is 0 Å². The molecule has 0 aliphatic heterocycles. The zero-order chi connectivity index (χ0) is 25.3. The second kappa shape index (κ2) is 25.9. The van der Waals surface area contributed by atoms with Crippen LogP contribution in [0.3, 0.4) is 0 Å². The van der Waals surface area contributed by atoms with Crippen molar-refractivity contribution in [1.29, 1.82) is 0 Å². The average molecular weight is 483 g/mol. The van der Waals surface area contributed by atoms with Crippen LogP contribution < -0.4 is 0 Å². The Labute approximate surface area is 216 Å². The minimum atomic E-state index is 1.23. The van der Waals surface area contributed by atoms with Crippen LogP contribution >= 0.6 is 0 Å². The van der Waals surface area contributed by atoms with Crippen LogP contribution in [0.1, 0.15) is 119 Å². The van der Waals surface area contributed by atoms with Crippen LogP contribution in [0.25, 0.3) is 0 Å². The quantitative estimate of drug-likeness (QED) is 0.125. The highest BCUT2D eigenvalue weighted by Crippen LogP contribution is 2.05. The zero-order valence-corrected chi connectivity index (χ0v) is 24.8. The summed E-state index contributed by atoms with van der Waals surface area (Å²) in [6, 6.07) is 0. The lowest BCUT2D eigenvalue weighted by molar-refractivity contribution is 0.151. The first-order valence-electron chi connectivity index (χ1n) is 15.5. The molecule has 0 radical (unpaired) electrons. The van der Waals surface area contributed by atoms with E-state index in [0.717, 1.165) is 0 Å². The molecule has 0 aromatic rings. The molecule has 0 heterocycles. The second-order valence-electron chi connectivity index (χ2n) is 10.5. The van der Waals surface area contributed by atoms with E-state index in [-0.39, 0.29) is 0 Å². The predicted molar refractivity (Wildman–Crippen MR) is 155 cm³/mol. The predicted octanol–water partition coefficient (Wildman–Crippen LogP) is 7.00. The molecule has 4 heteroatoms. The van der Waals surface area contributed by atoms with Gasteiger partial charge in [-0.15, -0.1) is 0 Å². The lowest BCUT2D eigenvalue weighted by Crippen LogP contribution is -2.44. The third kappa shape index (κ3) is 20.1. The second-order valence-corrected chi connectivity index (χ2v) is 10.5. The maximum Gasteiger partial charge on any atom is 0.0110 e. The molecule has 0 saturated heterocycles. The number of nitrogens with zero attached hydrogens (tertiary/aromatic N) is 4. The smallest absolute Gasteiger partial charge is 0.0110 e. The van der Waals surface area contributed by atoms with E-state index in [9.17, 15) is 0 Å². The van der Waals surface area contributed by atoms with Gasteiger partial charge in [-0.3, -0.25) is 4.90 Å². The summed E-state index contributed by atoms with van der Waals surface area (Å²) in [4.78, 5) is 11.0. The number of hydrogen-bond acceptors (Lipinski definition) is 4. The Bertz CT molecular complexity index is 309. The van der Waals surface area contributed by atoms with Gasteiger partial charge < -0.3 is 14.7 Å². The highest BCUT2D eigenvalue weighted by molar-refractivity contribution is 4.70. The molecule has 0 bridgehead atoms. The van der Waals surface area contributed by atoms with Gasteiger partial charge in [0.05, 0.1) is 0 Å². The Morgan fingerprint density at radius 2 is 0.382 bits per heavy atom. The standard InChI is InChI=1S/C30H66N4/c1-7-13-19-31(20-14-8-2)25-28-34(29-26-32(21-15-9-3)22-16-10-4)30-27-33(23-17-11-5)24-18-12-6/h7-30H2,1-6H3. The first-order valence-corrected chi connectivity index (χ1v) is 15.5. The zero-order valence-electron chi connectivity index (χ0n) is 24.8. The van der Waals surface area contributed by atoms with Gasteiger partial charge in [0.15, 0.2) is 0 Å². The lowest BCUT2D eigenvalue weighted by Gasteiger charge is -2.32. The normalized spacial score (nSPS) is 12.2. The van der Waals surface area contributed by atoms with Crippen molar-refractivity contribution < 1.29 is 0 Å². The summed E-state index contributed by atoms with van der Waals surface area (Å²) in [5, 5.41) is 0. The van der Waals surface area contributed by atoms with Crippen molar-refractivity contribution in [2.45, 2.75) is 119 Å². The van der Waals surface area contributed by atoms with E-state index in [1.165, 1.54) is 156 Å². The van der Waals surface area contributed by atoms with E-state index in [2.05, 4.69) is 61.1 Å². The Morgan fingerprint density at radius 3 is 0.529 bits per heavy atom. The summed E-state index contributed by atoms with van der Waals surface area (Å²) < 4.78 is 0. The molecule has 0 rings (SSSR count). The summed E-state index contributed by atoms with van der Waals surface area (Å²) in [6.45, 7) is 29.1. The van der Waals surface area contributed by atoms with E-state index in [0.29, 0.717) is 0 Å². The molecule has 4 nitrogen and oxygen atoms in total. The minimum Gasteiger partial charge on any atom is -0.302 e. The Morgan fingerprint density at radius 1 is 0.235 bits per heavy atom. The van der Waals surface area contributed by atoms with Gasteiger partial charge in [0.1, 0.15) is 0 Å². The van der Waals surface area contributed by atoms with Crippen LogP contribution in [-0.2, 0) is 0 Å². The molecule has 206 valence electrons. The number of unbranched alkanes of at least 4 members (excludes halogenated alkanes) is 6. The summed E-state index contributed by atoms with van der Waals surface area (Å²) in [6.07, 6.45) is 15.9. The molecule has 0 spiro atoms. The Balaban J connectivity index is 5.02. The summed E-state index contributed by atoms with van der Waals surface area (Å²) in [5.41, 5.74) is 0. The maximum absolute atomic E-state index is 2.81. The average Bonchev–Trinajstić information content (AvgIpc) is 2.86. The molecule has 0 aliphatic rings. The Hall–Kier alpha value is -0.160. The molecule has 0 atom stereocenters. The molecule has 0 aliphatic carbocycles. The fourth-order valence-electron chi connectivity index (χ4n) is 4.48. The van der Waals surface area contributed by atoms with Crippen LogP contribution in [-0.4, -0.2) is 98.1 Å². The molecule has 0 amide bonds. The Kier molecular flexibility index (Phi) is 25.8. The van der Waals surface area contributed by atoms with Crippen molar-refractivity contribution in [2.24, 2.45) is 0 Å². The molecule has 0 fully saturated rings. The van der Waals surface area contributed by atoms with Crippen LogP contribution in [0.5, 0.6) is 0 Å². The van der Waals surface area contributed by atoms with Crippen molar-refractivity contribution in [3.8, 4) is 0 Å². The third-order valence-corrected chi connectivity index (χ3v) is 7.16. The summed E-state index contributed by atoms with van der Waals surface area (Å²) >= 11 is 0.